The van der Waals surface area contributed by atoms with Gasteiger partial charge < -0.3 is 0 Å². The molecule has 0 aliphatic rings. The van der Waals surface area contributed by atoms with E-state index < -0.39 is 0 Å². The van der Waals surface area contributed by atoms with Gasteiger partial charge >= 0.3 is 0 Å². The number of carbonyl (C=O) groups is 1. The fourth-order valence-corrected chi connectivity index (χ4v) is 3.38. The topological polar surface area (TPSA) is 34.9 Å². The number of rotatable bonds is 2. The van der Waals surface area contributed by atoms with E-state index in [2.05, 4.69) is 27.8 Å². The molecular formula is C16H10N2OS. The molecule has 0 radical (unpaired) electrons. The van der Waals surface area contributed by atoms with Gasteiger partial charge in [-0.1, -0.05) is 18.2 Å². The van der Waals surface area contributed by atoms with E-state index >= 15 is 0 Å². The maximum absolute atomic E-state index is 10.9. The van der Waals surface area contributed by atoms with Crippen molar-refractivity contribution in [2.45, 2.75) is 0 Å². The minimum absolute atomic E-state index is 0.724. The Balaban J connectivity index is 2.17. The van der Waals surface area contributed by atoms with Crippen LogP contribution in [0.3, 0.4) is 0 Å². The summed E-state index contributed by atoms with van der Waals surface area (Å²) in [5.41, 5.74) is 2.04. The van der Waals surface area contributed by atoms with Crippen LogP contribution < -0.4 is 0 Å². The van der Waals surface area contributed by atoms with E-state index in [4.69, 9.17) is 0 Å². The van der Waals surface area contributed by atoms with Gasteiger partial charge in [-0.15, -0.1) is 11.3 Å². The van der Waals surface area contributed by atoms with Crippen molar-refractivity contribution >= 4 is 39.6 Å². The van der Waals surface area contributed by atoms with Crippen LogP contribution in [0.2, 0.25) is 0 Å². The predicted octanol–water partition coefficient (Wildman–Crippen LogP) is 4.05. The van der Waals surface area contributed by atoms with Crippen LogP contribution in [0.25, 0.3) is 26.9 Å². The number of hydrogen-bond acceptors (Lipinski definition) is 3. The molecule has 0 aliphatic heterocycles. The first-order chi connectivity index (χ1) is 9.88. The third-order valence-electron chi connectivity index (χ3n) is 3.38. The lowest BCUT2D eigenvalue weighted by Crippen LogP contribution is -1.91. The minimum atomic E-state index is 0.724. The summed E-state index contributed by atoms with van der Waals surface area (Å²) in [7, 11) is 0. The zero-order valence-electron chi connectivity index (χ0n) is 10.5. The average molecular weight is 278 g/mol. The molecule has 20 heavy (non-hydrogen) atoms. The second-order valence-electron chi connectivity index (χ2n) is 4.52. The molecule has 3 nitrogen and oxygen atoms in total. The molecule has 0 bridgehead atoms. The Labute approximate surface area is 119 Å². The summed E-state index contributed by atoms with van der Waals surface area (Å²) in [4.78, 5) is 16.1. The first kappa shape index (κ1) is 11.4. The van der Waals surface area contributed by atoms with Gasteiger partial charge in [0.15, 0.2) is 6.29 Å². The van der Waals surface area contributed by atoms with Crippen LogP contribution in [0.5, 0.6) is 0 Å². The molecule has 0 saturated heterocycles. The molecule has 3 heterocycles. The third kappa shape index (κ3) is 1.52. The molecule has 1 aromatic carbocycles. The highest BCUT2D eigenvalue weighted by Crippen LogP contribution is 2.32. The molecule has 3 aromatic heterocycles. The highest BCUT2D eigenvalue weighted by atomic mass is 32.1. The first-order valence-corrected chi connectivity index (χ1v) is 7.10. The van der Waals surface area contributed by atoms with Gasteiger partial charge in [0.2, 0.25) is 0 Å². The molecule has 0 spiro atoms. The lowest BCUT2D eigenvalue weighted by atomic mass is 10.2. The molecule has 0 atom stereocenters. The molecule has 4 aromatic rings. The van der Waals surface area contributed by atoms with Crippen LogP contribution in [-0.4, -0.2) is 15.8 Å². The molecular weight excluding hydrogens is 268 g/mol. The zero-order valence-corrected chi connectivity index (χ0v) is 11.3. The van der Waals surface area contributed by atoms with Crippen molar-refractivity contribution in [1.29, 1.82) is 0 Å². The summed E-state index contributed by atoms with van der Waals surface area (Å²) in [5, 5.41) is 3.32. The van der Waals surface area contributed by atoms with Crippen LogP contribution in [0.4, 0.5) is 0 Å². The van der Waals surface area contributed by atoms with Gasteiger partial charge in [0.05, 0.1) is 10.4 Å². The highest BCUT2D eigenvalue weighted by molar-refractivity contribution is 7.16. The Morgan fingerprint density at radius 1 is 1.00 bits per heavy atom. The standard InChI is InChI=1S/C16H10N2OS/c19-10-11-7-8-15(20-11)18-14-6-2-1-4-12(14)13-5-3-9-17-16(13)18/h1-10H. The zero-order chi connectivity index (χ0) is 13.5. The van der Waals surface area contributed by atoms with Gasteiger partial charge in [-0.05, 0) is 30.3 Å². The second-order valence-corrected chi connectivity index (χ2v) is 5.61. The first-order valence-electron chi connectivity index (χ1n) is 6.28. The number of para-hydroxylation sites is 1. The van der Waals surface area contributed by atoms with Gasteiger partial charge in [0.1, 0.15) is 10.6 Å². The Morgan fingerprint density at radius 2 is 1.85 bits per heavy atom. The molecule has 4 rings (SSSR count). The van der Waals surface area contributed by atoms with Gasteiger partial charge in [-0.3, -0.25) is 9.36 Å². The lowest BCUT2D eigenvalue weighted by molar-refractivity contribution is 0.112. The normalized spacial score (nSPS) is 11.2. The summed E-state index contributed by atoms with van der Waals surface area (Å²) in [6.07, 6.45) is 2.68. The van der Waals surface area contributed by atoms with E-state index in [1.54, 1.807) is 6.20 Å². The number of fused-ring (bicyclic) bond motifs is 3. The van der Waals surface area contributed by atoms with Crippen molar-refractivity contribution in [1.82, 2.24) is 9.55 Å². The van der Waals surface area contributed by atoms with Crippen molar-refractivity contribution in [2.24, 2.45) is 0 Å². The molecule has 0 fully saturated rings. The fourth-order valence-electron chi connectivity index (χ4n) is 2.54. The SMILES string of the molecule is O=Cc1ccc(-n2c3ccccc3c3cccnc32)s1. The van der Waals surface area contributed by atoms with E-state index in [0.29, 0.717) is 0 Å². The van der Waals surface area contributed by atoms with Crippen molar-refractivity contribution < 1.29 is 4.79 Å². The molecule has 0 unspecified atom stereocenters. The summed E-state index contributed by atoms with van der Waals surface area (Å²) in [6, 6.07) is 16.1. The van der Waals surface area contributed by atoms with Crippen LogP contribution in [-0.2, 0) is 0 Å². The van der Waals surface area contributed by atoms with Crippen molar-refractivity contribution in [3.63, 3.8) is 0 Å². The smallest absolute Gasteiger partial charge is 0.160 e. The van der Waals surface area contributed by atoms with E-state index in [-0.39, 0.29) is 0 Å². The molecule has 0 N–H and O–H groups in total. The van der Waals surface area contributed by atoms with E-state index in [1.165, 1.54) is 16.7 Å². The fraction of sp³-hybridized carbons (Fsp3) is 0. The number of hydrogen-bond donors (Lipinski definition) is 0. The Kier molecular flexibility index (Phi) is 2.44. The number of aromatic nitrogens is 2. The minimum Gasteiger partial charge on any atom is -0.297 e. The third-order valence-corrected chi connectivity index (χ3v) is 4.38. The summed E-state index contributed by atoms with van der Waals surface area (Å²) in [5.74, 6) is 0. The summed E-state index contributed by atoms with van der Waals surface area (Å²) >= 11 is 1.48. The van der Waals surface area contributed by atoms with Gasteiger partial charge in [-0.25, -0.2) is 4.98 Å². The number of nitrogens with zero attached hydrogens (tertiary/aromatic N) is 2. The van der Waals surface area contributed by atoms with Crippen LogP contribution in [0.15, 0.2) is 54.7 Å². The monoisotopic (exact) mass is 278 g/mol. The number of thiophene rings is 1. The van der Waals surface area contributed by atoms with Crippen molar-refractivity contribution in [3.05, 3.63) is 59.6 Å². The molecule has 4 heteroatoms. The molecule has 0 saturated carbocycles. The van der Waals surface area contributed by atoms with Crippen LogP contribution in [0, 0.1) is 0 Å². The van der Waals surface area contributed by atoms with Crippen molar-refractivity contribution in [2.75, 3.05) is 0 Å². The van der Waals surface area contributed by atoms with E-state index in [1.807, 2.05) is 30.3 Å². The Hall–Kier alpha value is -2.46. The highest BCUT2D eigenvalue weighted by Gasteiger charge is 2.13. The summed E-state index contributed by atoms with van der Waals surface area (Å²) in [6.45, 7) is 0. The Bertz CT molecular complexity index is 883. The quantitative estimate of drug-likeness (QED) is 0.518. The van der Waals surface area contributed by atoms with E-state index in [0.717, 1.165) is 32.7 Å². The van der Waals surface area contributed by atoms with Crippen LogP contribution in [0.1, 0.15) is 9.67 Å². The van der Waals surface area contributed by atoms with Gasteiger partial charge in [-0.2, -0.15) is 0 Å². The van der Waals surface area contributed by atoms with E-state index in [9.17, 15) is 4.79 Å². The number of benzene rings is 1. The Morgan fingerprint density at radius 3 is 2.70 bits per heavy atom. The van der Waals surface area contributed by atoms with Gasteiger partial charge in [0.25, 0.3) is 0 Å². The average Bonchev–Trinajstić information content (AvgIpc) is 3.09. The summed E-state index contributed by atoms with van der Waals surface area (Å²) < 4.78 is 2.11. The lowest BCUT2D eigenvalue weighted by Gasteiger charge is -2.02. The maximum Gasteiger partial charge on any atom is 0.160 e. The second kappa shape index (κ2) is 4.28. The molecule has 0 amide bonds. The predicted molar refractivity (Wildman–Crippen MR) is 81.8 cm³/mol. The number of carbonyl (C=O) groups excluding carboxylic acids is 1. The van der Waals surface area contributed by atoms with Crippen LogP contribution >= 0.6 is 11.3 Å². The largest absolute Gasteiger partial charge is 0.297 e. The number of aldehydes is 1. The van der Waals surface area contributed by atoms with Gasteiger partial charge in [0, 0.05) is 17.0 Å². The maximum atomic E-state index is 10.9. The number of pyridine rings is 1. The molecule has 96 valence electrons. The molecule has 0 aliphatic carbocycles. The van der Waals surface area contributed by atoms with Crippen molar-refractivity contribution in [3.8, 4) is 5.00 Å².